The first kappa shape index (κ1) is 27.6. The number of hydrogen-bond donors (Lipinski definition) is 2. The van der Waals surface area contributed by atoms with Crippen molar-refractivity contribution < 1.29 is 22.0 Å². The molecule has 0 fully saturated rings. The smallest absolute Gasteiger partial charge is 0.149 e. The molecule has 40 heavy (non-hydrogen) atoms. The SMILES string of the molecule is CN[C@H](CS(C)(=O)=O)c1ccc(-c2ccc3ncnc(Nc4ccc(OCc5cccc(F)c5)c(Cl)c4)c3c2)o1. The average molecular weight is 581 g/mol. The minimum absolute atomic E-state index is 0.0761. The third kappa shape index (κ3) is 6.59. The highest BCUT2D eigenvalue weighted by molar-refractivity contribution is 7.90. The fourth-order valence-electron chi connectivity index (χ4n) is 4.24. The van der Waals surface area contributed by atoms with Gasteiger partial charge in [0, 0.05) is 22.9 Å². The zero-order valence-corrected chi connectivity index (χ0v) is 23.3. The van der Waals surface area contributed by atoms with Gasteiger partial charge in [0.15, 0.2) is 0 Å². The van der Waals surface area contributed by atoms with Crippen LogP contribution in [0.3, 0.4) is 0 Å². The summed E-state index contributed by atoms with van der Waals surface area (Å²) in [5.41, 5.74) is 2.89. The van der Waals surface area contributed by atoms with Crippen LogP contribution < -0.4 is 15.4 Å². The van der Waals surface area contributed by atoms with Crippen LogP contribution >= 0.6 is 11.6 Å². The third-order valence-electron chi connectivity index (χ3n) is 6.19. The van der Waals surface area contributed by atoms with Crippen molar-refractivity contribution >= 4 is 43.8 Å². The number of halogens is 2. The molecule has 0 radical (unpaired) electrons. The van der Waals surface area contributed by atoms with E-state index in [1.807, 2.05) is 30.3 Å². The number of aromatic nitrogens is 2. The molecule has 0 bridgehead atoms. The second kappa shape index (κ2) is 11.6. The van der Waals surface area contributed by atoms with Crippen LogP contribution in [0.15, 0.2) is 83.5 Å². The van der Waals surface area contributed by atoms with Gasteiger partial charge >= 0.3 is 0 Å². The summed E-state index contributed by atoms with van der Waals surface area (Å²) in [5.74, 6) is 1.74. The van der Waals surface area contributed by atoms with Crippen molar-refractivity contribution in [2.24, 2.45) is 0 Å². The lowest BCUT2D eigenvalue weighted by atomic mass is 10.1. The Bertz CT molecular complexity index is 1780. The fraction of sp³-hybridized carbons (Fsp3) is 0.172. The van der Waals surface area contributed by atoms with E-state index in [1.54, 1.807) is 37.4 Å². The molecule has 0 aliphatic heterocycles. The minimum Gasteiger partial charge on any atom is -0.487 e. The number of fused-ring (bicyclic) bond motifs is 1. The Morgan fingerprint density at radius 1 is 1.05 bits per heavy atom. The molecule has 2 N–H and O–H groups in total. The van der Waals surface area contributed by atoms with E-state index in [-0.39, 0.29) is 18.2 Å². The summed E-state index contributed by atoms with van der Waals surface area (Å²) in [6.45, 7) is 0.182. The van der Waals surface area contributed by atoms with Crippen molar-refractivity contribution in [3.63, 3.8) is 0 Å². The van der Waals surface area contributed by atoms with Gasteiger partial charge in [0.1, 0.15) is 51.7 Å². The maximum absolute atomic E-state index is 13.4. The summed E-state index contributed by atoms with van der Waals surface area (Å²) in [7, 11) is -1.51. The molecule has 2 aromatic heterocycles. The Balaban J connectivity index is 1.36. The maximum Gasteiger partial charge on any atom is 0.149 e. The first-order valence-electron chi connectivity index (χ1n) is 12.3. The van der Waals surface area contributed by atoms with Crippen molar-refractivity contribution in [2.45, 2.75) is 12.6 Å². The van der Waals surface area contributed by atoms with Gasteiger partial charge in [0.25, 0.3) is 0 Å². The van der Waals surface area contributed by atoms with E-state index in [2.05, 4.69) is 20.6 Å². The van der Waals surface area contributed by atoms with E-state index in [1.165, 1.54) is 24.7 Å². The number of nitrogens with one attached hydrogen (secondary N) is 2. The molecule has 0 unspecified atom stereocenters. The summed E-state index contributed by atoms with van der Waals surface area (Å²) < 4.78 is 48.8. The predicted octanol–water partition coefficient (Wildman–Crippen LogP) is 6.31. The van der Waals surface area contributed by atoms with Gasteiger partial charge in [-0.1, -0.05) is 23.7 Å². The fourth-order valence-corrected chi connectivity index (χ4v) is 5.41. The predicted molar refractivity (Wildman–Crippen MR) is 154 cm³/mol. The number of benzene rings is 3. The van der Waals surface area contributed by atoms with Crippen LogP contribution in [0.25, 0.3) is 22.2 Å². The molecule has 3 aromatic carbocycles. The van der Waals surface area contributed by atoms with E-state index in [0.29, 0.717) is 39.4 Å². The zero-order chi connectivity index (χ0) is 28.3. The van der Waals surface area contributed by atoms with Gasteiger partial charge in [-0.15, -0.1) is 0 Å². The highest BCUT2D eigenvalue weighted by Crippen LogP contribution is 2.33. The van der Waals surface area contributed by atoms with Gasteiger partial charge in [-0.05, 0) is 73.3 Å². The van der Waals surface area contributed by atoms with Crippen LogP contribution in [0.2, 0.25) is 5.02 Å². The third-order valence-corrected chi connectivity index (χ3v) is 7.42. The summed E-state index contributed by atoms with van der Waals surface area (Å²) in [6, 6.07) is 20.2. The Labute approximate surface area is 236 Å². The highest BCUT2D eigenvalue weighted by Gasteiger charge is 2.20. The molecule has 1 atom stereocenters. The number of ether oxygens (including phenoxy) is 1. The molecule has 8 nitrogen and oxygen atoms in total. The number of anilines is 2. The zero-order valence-electron chi connectivity index (χ0n) is 21.7. The van der Waals surface area contributed by atoms with Crippen LogP contribution in [0.1, 0.15) is 17.4 Å². The second-order valence-corrected chi connectivity index (χ2v) is 11.9. The summed E-state index contributed by atoms with van der Waals surface area (Å²) in [4.78, 5) is 8.79. The molecule has 206 valence electrons. The molecule has 0 aliphatic carbocycles. The summed E-state index contributed by atoms with van der Waals surface area (Å²) >= 11 is 6.47. The van der Waals surface area contributed by atoms with Gasteiger partial charge in [-0.25, -0.2) is 22.8 Å². The second-order valence-electron chi connectivity index (χ2n) is 9.28. The first-order valence-corrected chi connectivity index (χ1v) is 14.8. The van der Waals surface area contributed by atoms with Crippen LogP contribution in [-0.4, -0.2) is 37.4 Å². The molecular formula is C29H26ClFN4O4S. The van der Waals surface area contributed by atoms with E-state index < -0.39 is 15.9 Å². The molecule has 2 heterocycles. The van der Waals surface area contributed by atoms with Gasteiger partial charge in [0.05, 0.1) is 22.3 Å². The molecule has 5 rings (SSSR count). The average Bonchev–Trinajstić information content (AvgIpc) is 3.41. The molecular weight excluding hydrogens is 555 g/mol. The molecule has 0 saturated carbocycles. The molecule has 0 amide bonds. The molecule has 11 heteroatoms. The van der Waals surface area contributed by atoms with Crippen LogP contribution in [0.4, 0.5) is 15.9 Å². The maximum atomic E-state index is 13.4. The quantitative estimate of drug-likeness (QED) is 0.198. The molecule has 0 aliphatic rings. The van der Waals surface area contributed by atoms with E-state index in [4.69, 9.17) is 20.8 Å². The summed E-state index contributed by atoms with van der Waals surface area (Å²) in [6.07, 6.45) is 2.66. The van der Waals surface area contributed by atoms with Gasteiger partial charge in [-0.2, -0.15) is 0 Å². The lowest BCUT2D eigenvalue weighted by Gasteiger charge is -2.13. The van der Waals surface area contributed by atoms with E-state index in [0.717, 1.165) is 16.5 Å². The van der Waals surface area contributed by atoms with Crippen LogP contribution in [-0.2, 0) is 16.4 Å². The van der Waals surface area contributed by atoms with Crippen molar-refractivity contribution in [3.8, 4) is 17.1 Å². The van der Waals surface area contributed by atoms with Gasteiger partial charge in [0.2, 0.25) is 0 Å². The normalized spacial score (nSPS) is 12.4. The van der Waals surface area contributed by atoms with Crippen molar-refractivity contribution in [3.05, 3.63) is 101 Å². The first-order chi connectivity index (χ1) is 19.2. The Kier molecular flexibility index (Phi) is 8.02. The Hall–Kier alpha value is -3.99. The number of sulfone groups is 1. The molecule has 5 aromatic rings. The lowest BCUT2D eigenvalue weighted by Crippen LogP contribution is -2.24. The largest absolute Gasteiger partial charge is 0.487 e. The molecule has 0 saturated heterocycles. The van der Waals surface area contributed by atoms with Crippen molar-refractivity contribution in [1.82, 2.24) is 15.3 Å². The number of rotatable bonds is 10. The van der Waals surface area contributed by atoms with Crippen LogP contribution in [0, 0.1) is 5.82 Å². The minimum atomic E-state index is -3.21. The monoisotopic (exact) mass is 580 g/mol. The number of nitrogens with zero attached hydrogens (tertiary/aromatic N) is 2. The van der Waals surface area contributed by atoms with Crippen molar-refractivity contribution in [2.75, 3.05) is 24.4 Å². The summed E-state index contributed by atoms with van der Waals surface area (Å²) in [5, 5.41) is 7.42. The number of hydrogen-bond acceptors (Lipinski definition) is 8. The highest BCUT2D eigenvalue weighted by atomic mass is 35.5. The topological polar surface area (TPSA) is 106 Å². The Morgan fingerprint density at radius 3 is 2.65 bits per heavy atom. The van der Waals surface area contributed by atoms with E-state index >= 15 is 0 Å². The standard InChI is InChI=1S/C29H26ClFN4O4S/c1-32-25(16-40(2,36)37)28-11-10-26(39-28)19-6-8-24-22(13-19)29(34-17-33-24)35-21-7-9-27(23(30)14-21)38-15-18-4-3-5-20(31)12-18/h3-14,17,25,32H,15-16H2,1-2H3,(H,33,34,35)/t25-/m1/s1. The van der Waals surface area contributed by atoms with E-state index in [9.17, 15) is 12.8 Å². The van der Waals surface area contributed by atoms with Crippen molar-refractivity contribution in [1.29, 1.82) is 0 Å². The molecule has 0 spiro atoms. The van der Waals surface area contributed by atoms with Gasteiger partial charge in [-0.3, -0.25) is 0 Å². The lowest BCUT2D eigenvalue weighted by molar-refractivity contribution is 0.306. The van der Waals surface area contributed by atoms with Crippen LogP contribution in [0.5, 0.6) is 5.75 Å². The Morgan fingerprint density at radius 2 is 1.90 bits per heavy atom. The van der Waals surface area contributed by atoms with Gasteiger partial charge < -0.3 is 19.8 Å². The number of furan rings is 1.